The van der Waals surface area contributed by atoms with Crippen LogP contribution in [0.1, 0.15) is 20.8 Å². The minimum Gasteiger partial charge on any atom is -0.391 e. The number of hydrogen-bond donors (Lipinski definition) is 1. The van der Waals surface area contributed by atoms with Gasteiger partial charge in [-0.3, -0.25) is 0 Å². The van der Waals surface area contributed by atoms with Crippen molar-refractivity contribution in [3.63, 3.8) is 0 Å². The van der Waals surface area contributed by atoms with Gasteiger partial charge in [0.15, 0.2) is 0 Å². The molecule has 0 aliphatic carbocycles. The summed E-state index contributed by atoms with van der Waals surface area (Å²) in [6.07, 6.45) is 0. The van der Waals surface area contributed by atoms with Gasteiger partial charge in [0.25, 0.3) is 0 Å². The van der Waals surface area contributed by atoms with Gasteiger partial charge in [0.05, 0.1) is 5.60 Å². The summed E-state index contributed by atoms with van der Waals surface area (Å²) in [5.41, 5.74) is -0.500. The van der Waals surface area contributed by atoms with Gasteiger partial charge in [0, 0.05) is 51.4 Å². The van der Waals surface area contributed by atoms with Crippen molar-refractivity contribution in [2.24, 2.45) is 0 Å². The second kappa shape index (κ2) is 6.15. The Bertz CT molecular complexity index is 27.2. The van der Waals surface area contributed by atoms with Crippen LogP contribution in [-0.4, -0.2) is 62.1 Å². The monoisotopic (exact) mass is 147 g/mol. The van der Waals surface area contributed by atoms with Crippen LogP contribution >= 0.6 is 9.90 Å². The van der Waals surface area contributed by atoms with E-state index in [1.807, 2.05) is 0 Å². The largest absolute Gasteiger partial charge is 0.391 e. The predicted molar refractivity (Wildman–Crippen MR) is 38.8 cm³/mol. The maximum Gasteiger partial charge on any atom is 0.0563 e. The summed E-state index contributed by atoms with van der Waals surface area (Å²) in [6, 6.07) is 0. The Labute approximate surface area is 91.3 Å². The average molecular weight is 147 g/mol. The maximum atomic E-state index is 8.52. The van der Waals surface area contributed by atoms with E-state index in [2.05, 4.69) is 0 Å². The fraction of sp³-hybridized carbons (Fsp3) is 1.00. The Hall–Kier alpha value is 2.03. The van der Waals surface area contributed by atoms with Crippen LogP contribution in [0, 0.1) is 0 Å². The van der Waals surface area contributed by atoms with Crippen LogP contribution in [0.5, 0.6) is 0 Å². The van der Waals surface area contributed by atoms with Crippen molar-refractivity contribution >= 4 is 61.3 Å². The van der Waals surface area contributed by atoms with E-state index in [4.69, 9.17) is 5.11 Å². The Morgan fingerprint density at radius 2 is 1.14 bits per heavy atom. The Morgan fingerprint density at radius 1 is 1.14 bits per heavy atom. The minimum absolute atomic E-state index is 0. The van der Waals surface area contributed by atoms with Gasteiger partial charge < -0.3 is 5.11 Å². The molecule has 3 heteroatoms. The van der Waals surface area contributed by atoms with Crippen molar-refractivity contribution in [1.29, 1.82) is 0 Å². The van der Waals surface area contributed by atoms with Gasteiger partial charge in [-0.2, -0.15) is 9.90 Å². The molecule has 1 radical (unpaired) electrons. The zero-order valence-electron chi connectivity index (χ0n) is 5.65. The zero-order chi connectivity index (χ0) is 4.50. The first-order valence-electron chi connectivity index (χ1n) is 1.72. The average Bonchev–Trinajstić information content (AvgIpc) is 0.722. The van der Waals surface area contributed by atoms with Crippen molar-refractivity contribution in [1.82, 2.24) is 0 Å². The first-order valence-corrected chi connectivity index (χ1v) is 1.72. The van der Waals surface area contributed by atoms with Gasteiger partial charge in [0.1, 0.15) is 0 Å². The second-order valence-electron chi connectivity index (χ2n) is 2.17. The van der Waals surface area contributed by atoms with Crippen LogP contribution in [0.25, 0.3) is 0 Å². The van der Waals surface area contributed by atoms with E-state index < -0.39 is 5.60 Å². The van der Waals surface area contributed by atoms with Crippen LogP contribution in [0.15, 0.2) is 0 Å². The molecule has 0 amide bonds. The molecule has 0 heterocycles. The summed E-state index contributed by atoms with van der Waals surface area (Å²) in [6.45, 7) is 5.23. The van der Waals surface area contributed by atoms with Crippen LogP contribution in [0.2, 0.25) is 0 Å². The van der Waals surface area contributed by atoms with Gasteiger partial charge in [-0.25, -0.2) is 0 Å². The number of hydrogen-bond acceptors (Lipinski definition) is 1. The molecular formula is C4H13KOP. The summed E-state index contributed by atoms with van der Waals surface area (Å²) in [5, 5.41) is 8.52. The molecule has 0 spiro atoms. The standard InChI is InChI=1S/C4H10O.K.H3P/c1-4(2,3)5;;/h5H,1-3H3;;1H3. The molecule has 0 aliphatic rings. The van der Waals surface area contributed by atoms with Crippen molar-refractivity contribution in [3.8, 4) is 0 Å². The van der Waals surface area contributed by atoms with E-state index in [1.165, 1.54) is 0 Å². The molecule has 0 saturated carbocycles. The predicted octanol–water partition coefficient (Wildman–Crippen LogP) is 0.454. The smallest absolute Gasteiger partial charge is 0.0563 e. The van der Waals surface area contributed by atoms with Crippen molar-refractivity contribution < 1.29 is 5.11 Å². The molecule has 1 N–H and O–H groups in total. The van der Waals surface area contributed by atoms with Gasteiger partial charge in [0.2, 0.25) is 0 Å². The quantitative estimate of drug-likeness (QED) is 0.390. The molecule has 0 aromatic rings. The molecule has 1 atom stereocenters. The van der Waals surface area contributed by atoms with Gasteiger partial charge in [-0.15, -0.1) is 0 Å². The summed E-state index contributed by atoms with van der Waals surface area (Å²) in [7, 11) is 0. The van der Waals surface area contributed by atoms with E-state index in [1.54, 1.807) is 20.8 Å². The minimum atomic E-state index is -0.500. The molecule has 1 nitrogen and oxygen atoms in total. The molecule has 0 rings (SSSR count). The molecule has 0 aliphatic heterocycles. The summed E-state index contributed by atoms with van der Waals surface area (Å²) in [5.74, 6) is 0. The molecule has 41 valence electrons. The number of aliphatic hydroxyl groups is 1. The molecule has 1 unspecified atom stereocenters. The van der Waals surface area contributed by atoms with Crippen molar-refractivity contribution in [3.05, 3.63) is 0 Å². The van der Waals surface area contributed by atoms with Crippen molar-refractivity contribution in [2.75, 3.05) is 0 Å². The first kappa shape index (κ1) is 16.0. The van der Waals surface area contributed by atoms with Crippen LogP contribution in [0.4, 0.5) is 0 Å². The molecular weight excluding hydrogens is 134 g/mol. The normalized spacial score (nSPS) is 8.57. The fourth-order valence-electron chi connectivity index (χ4n) is 0. The molecule has 0 saturated heterocycles. The molecule has 0 aromatic heterocycles. The topological polar surface area (TPSA) is 20.2 Å². The fourth-order valence-corrected chi connectivity index (χ4v) is 0. The van der Waals surface area contributed by atoms with E-state index >= 15 is 0 Å². The maximum absolute atomic E-state index is 8.52. The summed E-state index contributed by atoms with van der Waals surface area (Å²) >= 11 is 0. The molecule has 0 fully saturated rings. The third kappa shape index (κ3) is 71.0. The molecule has 7 heavy (non-hydrogen) atoms. The first-order chi connectivity index (χ1) is 2.00. The third-order valence-electron chi connectivity index (χ3n) is 0. The zero-order valence-corrected chi connectivity index (χ0v) is 10.2. The third-order valence-corrected chi connectivity index (χ3v) is 0. The van der Waals surface area contributed by atoms with E-state index in [-0.39, 0.29) is 61.3 Å². The van der Waals surface area contributed by atoms with Crippen LogP contribution in [-0.2, 0) is 0 Å². The van der Waals surface area contributed by atoms with Gasteiger partial charge in [-0.1, -0.05) is 0 Å². The van der Waals surface area contributed by atoms with Gasteiger partial charge >= 0.3 is 0 Å². The number of rotatable bonds is 0. The molecule has 0 bridgehead atoms. The van der Waals surface area contributed by atoms with E-state index in [0.29, 0.717) is 0 Å². The van der Waals surface area contributed by atoms with Crippen LogP contribution < -0.4 is 0 Å². The van der Waals surface area contributed by atoms with Gasteiger partial charge in [-0.05, 0) is 20.8 Å². The van der Waals surface area contributed by atoms with Crippen LogP contribution in [0.3, 0.4) is 0 Å². The second-order valence-corrected chi connectivity index (χ2v) is 2.17. The Balaban J connectivity index is -0.0000000800. The van der Waals surface area contributed by atoms with E-state index in [0.717, 1.165) is 0 Å². The Kier molecular flexibility index (Phi) is 14.1. The SMILES string of the molecule is CC(C)(C)O.P.[K]. The van der Waals surface area contributed by atoms with E-state index in [9.17, 15) is 0 Å². The molecule has 0 aromatic carbocycles. The van der Waals surface area contributed by atoms with Crippen molar-refractivity contribution in [2.45, 2.75) is 26.4 Å². The Morgan fingerprint density at radius 3 is 1.14 bits per heavy atom. The summed E-state index contributed by atoms with van der Waals surface area (Å²) < 4.78 is 0. The summed E-state index contributed by atoms with van der Waals surface area (Å²) in [4.78, 5) is 0.